The average molecular weight is 376 g/mol. The average Bonchev–Trinajstić information content (AvgIpc) is 2.74. The molecular weight excluding hydrogens is 352 g/mol. The van der Waals surface area contributed by atoms with E-state index in [1.54, 1.807) is 18.2 Å². The lowest BCUT2D eigenvalue weighted by Gasteiger charge is -2.31. The van der Waals surface area contributed by atoms with Crippen molar-refractivity contribution in [3.05, 3.63) is 59.7 Å². The highest BCUT2D eigenvalue weighted by Crippen LogP contribution is 2.23. The van der Waals surface area contributed by atoms with Crippen LogP contribution in [0.1, 0.15) is 28.8 Å². The van der Waals surface area contributed by atoms with Gasteiger partial charge < -0.3 is 16.0 Å². The highest BCUT2D eigenvalue weighted by atomic mass is 16.2. The summed E-state index contributed by atoms with van der Waals surface area (Å²) < 4.78 is 0. The number of hydrogen-bond donors (Lipinski definition) is 2. The number of nitrogens with two attached hydrogens (primary N) is 1. The standard InChI is InChI=1S/C22H24N4O2/c23-14-18-4-1-2-6-20(18)16-7-9-17(10-8-16)22(28)25-11-13-26-12-3-5-19(15-26)21(24)27/h1-2,4,6-10,19H,3,5,11-13,15H2,(H2,24,27)(H,25,28)/t19-/m0/s1. The molecule has 0 radical (unpaired) electrons. The molecule has 0 unspecified atom stereocenters. The largest absolute Gasteiger partial charge is 0.369 e. The Hall–Kier alpha value is -3.17. The van der Waals surface area contributed by atoms with Gasteiger partial charge in [-0.05, 0) is 48.7 Å². The molecule has 2 amide bonds. The molecule has 28 heavy (non-hydrogen) atoms. The summed E-state index contributed by atoms with van der Waals surface area (Å²) in [6.45, 7) is 2.80. The number of nitrogens with zero attached hydrogens (tertiary/aromatic N) is 2. The fraction of sp³-hybridized carbons (Fsp3) is 0.318. The summed E-state index contributed by atoms with van der Waals surface area (Å²) in [5, 5.41) is 12.2. The maximum absolute atomic E-state index is 12.4. The van der Waals surface area contributed by atoms with E-state index in [4.69, 9.17) is 5.73 Å². The molecule has 2 aromatic rings. The van der Waals surface area contributed by atoms with Crippen LogP contribution in [0, 0.1) is 17.2 Å². The second-order valence-electron chi connectivity index (χ2n) is 7.03. The Bertz CT molecular complexity index is 886. The Morgan fingerprint density at radius 3 is 2.64 bits per heavy atom. The first kappa shape index (κ1) is 19.6. The van der Waals surface area contributed by atoms with Crippen molar-refractivity contribution in [3.63, 3.8) is 0 Å². The third kappa shape index (κ3) is 4.76. The van der Waals surface area contributed by atoms with Crippen LogP contribution in [0.25, 0.3) is 11.1 Å². The summed E-state index contributed by atoms with van der Waals surface area (Å²) in [5.74, 6) is -0.469. The highest BCUT2D eigenvalue weighted by Gasteiger charge is 2.23. The second-order valence-corrected chi connectivity index (χ2v) is 7.03. The van der Waals surface area contributed by atoms with Crippen LogP contribution in [0.4, 0.5) is 0 Å². The minimum absolute atomic E-state index is 0.0896. The third-order valence-corrected chi connectivity index (χ3v) is 5.13. The van der Waals surface area contributed by atoms with Gasteiger partial charge in [0.25, 0.3) is 5.91 Å². The Kier molecular flexibility index (Phi) is 6.41. The number of rotatable bonds is 6. The lowest BCUT2D eigenvalue weighted by atomic mass is 9.97. The number of piperidine rings is 1. The Balaban J connectivity index is 1.54. The van der Waals surface area contributed by atoms with Gasteiger partial charge >= 0.3 is 0 Å². The molecule has 1 aliphatic rings. The van der Waals surface area contributed by atoms with Crippen LogP contribution in [-0.4, -0.2) is 42.9 Å². The molecule has 6 nitrogen and oxygen atoms in total. The van der Waals surface area contributed by atoms with Gasteiger partial charge in [0.1, 0.15) is 0 Å². The summed E-state index contributed by atoms with van der Waals surface area (Å²) in [5.41, 5.74) is 8.34. The van der Waals surface area contributed by atoms with E-state index >= 15 is 0 Å². The van der Waals surface area contributed by atoms with Crippen LogP contribution < -0.4 is 11.1 Å². The van der Waals surface area contributed by atoms with Gasteiger partial charge in [-0.2, -0.15) is 5.26 Å². The van der Waals surface area contributed by atoms with Crippen molar-refractivity contribution in [3.8, 4) is 17.2 Å². The predicted octanol–water partition coefficient (Wildman–Crippen LogP) is 2.15. The van der Waals surface area contributed by atoms with Crippen molar-refractivity contribution in [1.82, 2.24) is 10.2 Å². The van der Waals surface area contributed by atoms with Gasteiger partial charge in [0, 0.05) is 25.2 Å². The smallest absolute Gasteiger partial charge is 0.251 e. The van der Waals surface area contributed by atoms with Gasteiger partial charge in [0.05, 0.1) is 17.6 Å². The summed E-state index contributed by atoms with van der Waals surface area (Å²) in [6, 6.07) is 16.8. The lowest BCUT2D eigenvalue weighted by Crippen LogP contribution is -2.44. The van der Waals surface area contributed by atoms with E-state index < -0.39 is 0 Å². The van der Waals surface area contributed by atoms with Gasteiger partial charge in [0.15, 0.2) is 0 Å². The molecule has 144 valence electrons. The maximum atomic E-state index is 12.4. The number of nitrogens with one attached hydrogen (secondary N) is 1. The van der Waals surface area contributed by atoms with Gasteiger partial charge in [0.2, 0.25) is 5.91 Å². The molecular formula is C22H24N4O2. The normalized spacial score (nSPS) is 16.9. The molecule has 1 heterocycles. The van der Waals surface area contributed by atoms with Crippen LogP contribution in [-0.2, 0) is 4.79 Å². The quantitative estimate of drug-likeness (QED) is 0.807. The molecule has 0 saturated carbocycles. The molecule has 3 rings (SSSR count). The molecule has 2 aromatic carbocycles. The first-order valence-corrected chi connectivity index (χ1v) is 9.48. The van der Waals surface area contributed by atoms with Crippen molar-refractivity contribution in [1.29, 1.82) is 5.26 Å². The third-order valence-electron chi connectivity index (χ3n) is 5.13. The zero-order valence-electron chi connectivity index (χ0n) is 15.7. The predicted molar refractivity (Wildman–Crippen MR) is 107 cm³/mol. The molecule has 6 heteroatoms. The number of carbonyl (C=O) groups is 2. The number of carbonyl (C=O) groups excluding carboxylic acids is 2. The monoisotopic (exact) mass is 376 g/mol. The van der Waals surface area contributed by atoms with E-state index in [1.165, 1.54) is 0 Å². The van der Waals surface area contributed by atoms with Crippen molar-refractivity contribution in [2.45, 2.75) is 12.8 Å². The van der Waals surface area contributed by atoms with E-state index in [0.717, 1.165) is 30.5 Å². The van der Waals surface area contributed by atoms with Gasteiger partial charge in [-0.1, -0.05) is 30.3 Å². The molecule has 0 aromatic heterocycles. The minimum Gasteiger partial charge on any atom is -0.369 e. The first-order valence-electron chi connectivity index (χ1n) is 9.48. The topological polar surface area (TPSA) is 99.2 Å². The van der Waals surface area contributed by atoms with Crippen molar-refractivity contribution < 1.29 is 9.59 Å². The number of hydrogen-bond acceptors (Lipinski definition) is 4. The summed E-state index contributed by atoms with van der Waals surface area (Å²) in [7, 11) is 0. The molecule has 0 aliphatic carbocycles. The van der Waals surface area contributed by atoms with E-state index in [1.807, 2.05) is 30.3 Å². The maximum Gasteiger partial charge on any atom is 0.251 e. The Labute approximate surface area is 164 Å². The van der Waals surface area contributed by atoms with Crippen molar-refractivity contribution >= 4 is 11.8 Å². The number of nitriles is 1. The fourth-order valence-electron chi connectivity index (χ4n) is 3.55. The Morgan fingerprint density at radius 2 is 1.93 bits per heavy atom. The highest BCUT2D eigenvalue weighted by molar-refractivity contribution is 5.94. The number of amides is 2. The SMILES string of the molecule is N#Cc1ccccc1-c1ccc(C(=O)NCCN2CCC[C@H](C(N)=O)C2)cc1. The molecule has 1 saturated heterocycles. The zero-order chi connectivity index (χ0) is 19.9. The van der Waals surface area contributed by atoms with Crippen LogP contribution in [0.2, 0.25) is 0 Å². The van der Waals surface area contributed by atoms with E-state index in [0.29, 0.717) is 30.8 Å². The van der Waals surface area contributed by atoms with Crippen LogP contribution in [0.15, 0.2) is 48.5 Å². The molecule has 0 bridgehead atoms. The molecule has 1 atom stereocenters. The molecule has 1 fully saturated rings. The van der Waals surface area contributed by atoms with Gasteiger partial charge in [-0.3, -0.25) is 9.59 Å². The lowest BCUT2D eigenvalue weighted by molar-refractivity contribution is -0.123. The fourth-order valence-corrected chi connectivity index (χ4v) is 3.55. The van der Waals surface area contributed by atoms with E-state index in [-0.39, 0.29) is 17.7 Å². The number of likely N-dealkylation sites (tertiary alicyclic amines) is 1. The van der Waals surface area contributed by atoms with Gasteiger partial charge in [-0.15, -0.1) is 0 Å². The summed E-state index contributed by atoms with van der Waals surface area (Å²) in [4.78, 5) is 25.9. The first-order chi connectivity index (χ1) is 13.6. The van der Waals surface area contributed by atoms with Crippen molar-refractivity contribution in [2.24, 2.45) is 11.7 Å². The van der Waals surface area contributed by atoms with Crippen LogP contribution >= 0.6 is 0 Å². The van der Waals surface area contributed by atoms with Crippen LogP contribution in [0.3, 0.4) is 0 Å². The number of primary amides is 1. The summed E-state index contributed by atoms with van der Waals surface area (Å²) in [6.07, 6.45) is 1.80. The summed E-state index contributed by atoms with van der Waals surface area (Å²) >= 11 is 0. The molecule has 0 spiro atoms. The number of benzene rings is 2. The molecule has 1 aliphatic heterocycles. The zero-order valence-corrected chi connectivity index (χ0v) is 15.7. The molecule has 3 N–H and O–H groups in total. The Morgan fingerprint density at radius 1 is 1.18 bits per heavy atom. The second kappa shape index (κ2) is 9.16. The minimum atomic E-state index is -0.244. The van der Waals surface area contributed by atoms with E-state index in [2.05, 4.69) is 16.3 Å². The van der Waals surface area contributed by atoms with Crippen molar-refractivity contribution in [2.75, 3.05) is 26.2 Å². The van der Waals surface area contributed by atoms with Gasteiger partial charge in [-0.25, -0.2) is 0 Å². The van der Waals surface area contributed by atoms with Crippen LogP contribution in [0.5, 0.6) is 0 Å². The van der Waals surface area contributed by atoms with E-state index in [9.17, 15) is 14.9 Å².